The summed E-state index contributed by atoms with van der Waals surface area (Å²) in [6, 6.07) is 15.1. The second kappa shape index (κ2) is 6.25. The van der Waals surface area contributed by atoms with Crippen LogP contribution in [0, 0.1) is 0 Å². The number of carbonyl (C=O) groups is 1. The number of anilines is 1. The predicted molar refractivity (Wildman–Crippen MR) is 82.4 cm³/mol. The maximum Gasteiger partial charge on any atom is 0.185 e. The van der Waals surface area contributed by atoms with Crippen LogP contribution < -0.4 is 5.73 Å². The molecule has 2 aromatic carbocycles. The van der Waals surface area contributed by atoms with Gasteiger partial charge in [-0.05, 0) is 42.2 Å². The number of carbonyl (C=O) groups excluding carboxylic acids is 1. The average molecular weight is 269 g/mol. The third-order valence-electron chi connectivity index (χ3n) is 2.71. The zero-order chi connectivity index (χ0) is 13.7. The van der Waals surface area contributed by atoms with Crippen LogP contribution in [-0.4, -0.2) is 12.0 Å². The summed E-state index contributed by atoms with van der Waals surface area (Å²) in [6.45, 7) is 0. The number of nitrogen functional groups attached to an aromatic ring is 1. The van der Waals surface area contributed by atoms with E-state index in [1.165, 1.54) is 4.90 Å². The Morgan fingerprint density at radius 3 is 2.53 bits per heavy atom. The van der Waals surface area contributed by atoms with E-state index in [4.69, 9.17) is 5.73 Å². The monoisotopic (exact) mass is 269 g/mol. The molecule has 2 nitrogen and oxygen atoms in total. The Bertz CT molecular complexity index is 602. The number of thioether (sulfide) groups is 1. The molecule has 2 rings (SSSR count). The van der Waals surface area contributed by atoms with Gasteiger partial charge in [0.15, 0.2) is 5.78 Å². The first-order chi connectivity index (χ1) is 9.19. The predicted octanol–water partition coefficient (Wildman–Crippen LogP) is 3.89. The van der Waals surface area contributed by atoms with Crippen molar-refractivity contribution in [2.45, 2.75) is 4.90 Å². The van der Waals surface area contributed by atoms with Gasteiger partial charge < -0.3 is 5.73 Å². The summed E-state index contributed by atoms with van der Waals surface area (Å²) in [6.07, 6.45) is 5.42. The van der Waals surface area contributed by atoms with Gasteiger partial charge in [0.05, 0.1) is 0 Å². The molecule has 0 aliphatic rings. The van der Waals surface area contributed by atoms with Crippen LogP contribution >= 0.6 is 11.8 Å². The molecular weight excluding hydrogens is 254 g/mol. The minimum Gasteiger partial charge on any atom is -0.399 e. The van der Waals surface area contributed by atoms with Crippen molar-refractivity contribution >= 4 is 29.3 Å². The van der Waals surface area contributed by atoms with Crippen molar-refractivity contribution in [2.24, 2.45) is 0 Å². The molecule has 0 spiro atoms. The molecule has 3 heteroatoms. The number of allylic oxidation sites excluding steroid dienone is 1. The molecule has 0 radical (unpaired) electrons. The van der Waals surface area contributed by atoms with E-state index in [0.29, 0.717) is 11.3 Å². The van der Waals surface area contributed by atoms with Crippen molar-refractivity contribution in [3.63, 3.8) is 0 Å². The second-order valence-electron chi connectivity index (χ2n) is 4.10. The Morgan fingerprint density at radius 1 is 1.16 bits per heavy atom. The number of hydrogen-bond donors (Lipinski definition) is 1. The maximum atomic E-state index is 11.9. The smallest absolute Gasteiger partial charge is 0.185 e. The van der Waals surface area contributed by atoms with E-state index in [1.807, 2.05) is 36.6 Å². The molecule has 2 N–H and O–H groups in total. The number of rotatable bonds is 4. The van der Waals surface area contributed by atoms with Crippen molar-refractivity contribution in [3.05, 3.63) is 65.7 Å². The highest BCUT2D eigenvalue weighted by Crippen LogP contribution is 2.16. The summed E-state index contributed by atoms with van der Waals surface area (Å²) < 4.78 is 0. The minimum atomic E-state index is -0.0405. The lowest BCUT2D eigenvalue weighted by atomic mass is 10.1. The molecule has 0 aliphatic heterocycles. The van der Waals surface area contributed by atoms with E-state index >= 15 is 0 Å². The number of nitrogens with two attached hydrogens (primary N) is 1. The third-order valence-corrected chi connectivity index (χ3v) is 3.46. The SMILES string of the molecule is CSc1ccc(C=CC(=O)c2cccc(N)c2)cc1. The summed E-state index contributed by atoms with van der Waals surface area (Å²) in [5.74, 6) is -0.0405. The third kappa shape index (κ3) is 3.73. The lowest BCUT2D eigenvalue weighted by molar-refractivity contribution is 0.104. The molecule has 96 valence electrons. The van der Waals surface area contributed by atoms with Gasteiger partial charge in [-0.3, -0.25) is 4.79 Å². The Labute approximate surface area is 117 Å². The van der Waals surface area contributed by atoms with Gasteiger partial charge in [0.1, 0.15) is 0 Å². The number of ketones is 1. The Morgan fingerprint density at radius 2 is 1.89 bits per heavy atom. The standard InChI is InChI=1S/C16H15NOS/c1-19-15-8-5-12(6-9-15)7-10-16(18)13-3-2-4-14(17)11-13/h2-11H,17H2,1H3. The number of hydrogen-bond acceptors (Lipinski definition) is 3. The van der Waals surface area contributed by atoms with Gasteiger partial charge in [0, 0.05) is 16.1 Å². The molecule has 0 saturated heterocycles. The first kappa shape index (κ1) is 13.4. The highest BCUT2D eigenvalue weighted by Gasteiger charge is 2.01. The highest BCUT2D eigenvalue weighted by molar-refractivity contribution is 7.98. The van der Waals surface area contributed by atoms with Gasteiger partial charge >= 0.3 is 0 Å². The van der Waals surface area contributed by atoms with E-state index in [2.05, 4.69) is 0 Å². The van der Waals surface area contributed by atoms with Gasteiger partial charge in [0.2, 0.25) is 0 Å². The van der Waals surface area contributed by atoms with E-state index in [9.17, 15) is 4.79 Å². The molecule has 0 atom stereocenters. The van der Waals surface area contributed by atoms with Crippen LogP contribution in [0.25, 0.3) is 6.08 Å². The molecule has 0 bridgehead atoms. The molecule has 0 heterocycles. The first-order valence-corrected chi connectivity index (χ1v) is 7.13. The topological polar surface area (TPSA) is 43.1 Å². The van der Waals surface area contributed by atoms with Crippen molar-refractivity contribution in [3.8, 4) is 0 Å². The molecule has 0 aromatic heterocycles. The minimum absolute atomic E-state index is 0.0405. The molecule has 0 aliphatic carbocycles. The fourth-order valence-corrected chi connectivity index (χ4v) is 2.08. The van der Waals surface area contributed by atoms with Crippen molar-refractivity contribution in [1.82, 2.24) is 0 Å². The van der Waals surface area contributed by atoms with Crippen LogP contribution in [-0.2, 0) is 0 Å². The van der Waals surface area contributed by atoms with E-state index < -0.39 is 0 Å². The van der Waals surface area contributed by atoms with Gasteiger partial charge in [0.25, 0.3) is 0 Å². The summed E-state index contributed by atoms with van der Waals surface area (Å²) in [4.78, 5) is 13.2. The van der Waals surface area contributed by atoms with Gasteiger partial charge in [-0.2, -0.15) is 0 Å². The van der Waals surface area contributed by atoms with Gasteiger partial charge in [-0.1, -0.05) is 30.3 Å². The largest absolute Gasteiger partial charge is 0.399 e. The molecule has 0 amide bonds. The highest BCUT2D eigenvalue weighted by atomic mass is 32.2. The zero-order valence-corrected chi connectivity index (χ0v) is 11.5. The number of benzene rings is 2. The first-order valence-electron chi connectivity index (χ1n) is 5.91. The van der Waals surface area contributed by atoms with Crippen LogP contribution in [0.15, 0.2) is 59.5 Å². The van der Waals surface area contributed by atoms with Crippen molar-refractivity contribution < 1.29 is 4.79 Å². The summed E-state index contributed by atoms with van der Waals surface area (Å²) in [5.41, 5.74) is 7.88. The summed E-state index contributed by atoms with van der Waals surface area (Å²) in [5, 5.41) is 0. The molecule has 0 saturated carbocycles. The van der Waals surface area contributed by atoms with Gasteiger partial charge in [-0.15, -0.1) is 11.8 Å². The van der Waals surface area contributed by atoms with E-state index in [1.54, 1.807) is 42.1 Å². The molecule has 2 aromatic rings. The fourth-order valence-electron chi connectivity index (χ4n) is 1.68. The van der Waals surface area contributed by atoms with Crippen LogP contribution in [0.4, 0.5) is 5.69 Å². The normalized spacial score (nSPS) is 10.8. The lowest BCUT2D eigenvalue weighted by Gasteiger charge is -1.98. The van der Waals surface area contributed by atoms with Crippen molar-refractivity contribution in [2.75, 3.05) is 12.0 Å². The van der Waals surface area contributed by atoms with Gasteiger partial charge in [-0.25, -0.2) is 0 Å². The maximum absolute atomic E-state index is 11.9. The summed E-state index contributed by atoms with van der Waals surface area (Å²) in [7, 11) is 0. The second-order valence-corrected chi connectivity index (χ2v) is 4.98. The fraction of sp³-hybridized carbons (Fsp3) is 0.0625. The van der Waals surface area contributed by atoms with Crippen LogP contribution in [0.5, 0.6) is 0 Å². The molecular formula is C16H15NOS. The Balaban J connectivity index is 2.11. The van der Waals surface area contributed by atoms with Crippen LogP contribution in [0.3, 0.4) is 0 Å². The Hall–Kier alpha value is -2.00. The van der Waals surface area contributed by atoms with E-state index in [-0.39, 0.29) is 5.78 Å². The quantitative estimate of drug-likeness (QED) is 0.396. The zero-order valence-electron chi connectivity index (χ0n) is 10.7. The van der Waals surface area contributed by atoms with E-state index in [0.717, 1.165) is 5.56 Å². The van der Waals surface area contributed by atoms with Crippen LogP contribution in [0.1, 0.15) is 15.9 Å². The molecule has 0 fully saturated rings. The molecule has 0 unspecified atom stereocenters. The lowest BCUT2D eigenvalue weighted by Crippen LogP contribution is -1.95. The molecule has 19 heavy (non-hydrogen) atoms. The van der Waals surface area contributed by atoms with Crippen LogP contribution in [0.2, 0.25) is 0 Å². The summed E-state index contributed by atoms with van der Waals surface area (Å²) >= 11 is 1.70. The Kier molecular flexibility index (Phi) is 4.42. The average Bonchev–Trinajstić information content (AvgIpc) is 2.45. The van der Waals surface area contributed by atoms with Crippen molar-refractivity contribution in [1.29, 1.82) is 0 Å².